The summed E-state index contributed by atoms with van der Waals surface area (Å²) in [6.07, 6.45) is 7.95. The number of rotatable bonds is 5. The quantitative estimate of drug-likeness (QED) is 0.840. The number of aromatic nitrogens is 2. The normalized spacial score (nSPS) is 21.9. The van der Waals surface area contributed by atoms with E-state index in [0.29, 0.717) is 6.04 Å². The van der Waals surface area contributed by atoms with Gasteiger partial charge in [-0.15, -0.1) is 0 Å². The third-order valence-electron chi connectivity index (χ3n) is 3.46. The maximum absolute atomic E-state index is 4.38. The van der Waals surface area contributed by atoms with Gasteiger partial charge in [-0.3, -0.25) is 9.58 Å². The van der Waals surface area contributed by atoms with Crippen molar-refractivity contribution in [3.8, 4) is 0 Å². The van der Waals surface area contributed by atoms with E-state index in [2.05, 4.69) is 40.2 Å². The van der Waals surface area contributed by atoms with Crippen molar-refractivity contribution in [2.24, 2.45) is 0 Å². The third kappa shape index (κ3) is 3.54. The van der Waals surface area contributed by atoms with E-state index in [-0.39, 0.29) is 0 Å². The largest absolute Gasteiger partial charge is 0.316 e. The SMILES string of the molecule is CCCn1cc(CN2CCCC(NC)C2)cn1. The molecule has 4 heteroatoms. The van der Waals surface area contributed by atoms with Gasteiger partial charge in [0.2, 0.25) is 0 Å². The van der Waals surface area contributed by atoms with E-state index in [4.69, 9.17) is 0 Å². The van der Waals surface area contributed by atoms with Crippen molar-refractivity contribution in [1.82, 2.24) is 20.0 Å². The molecule has 0 aliphatic carbocycles. The molecule has 0 saturated carbocycles. The Bertz CT molecular complexity index is 334. The molecule has 0 amide bonds. The van der Waals surface area contributed by atoms with Gasteiger partial charge in [0.05, 0.1) is 6.20 Å². The van der Waals surface area contributed by atoms with Gasteiger partial charge in [-0.1, -0.05) is 6.92 Å². The Morgan fingerprint density at radius 1 is 1.53 bits per heavy atom. The maximum Gasteiger partial charge on any atom is 0.0534 e. The minimum absolute atomic E-state index is 0.662. The molecule has 1 aliphatic rings. The topological polar surface area (TPSA) is 33.1 Å². The first kappa shape index (κ1) is 12.6. The van der Waals surface area contributed by atoms with Crippen LogP contribution < -0.4 is 5.32 Å². The summed E-state index contributed by atoms with van der Waals surface area (Å²) in [6, 6.07) is 0.662. The number of likely N-dealkylation sites (N-methyl/N-ethyl adjacent to an activating group) is 1. The van der Waals surface area contributed by atoms with Crippen LogP contribution in [0.25, 0.3) is 0 Å². The molecule has 1 aromatic rings. The lowest BCUT2D eigenvalue weighted by Gasteiger charge is -2.32. The molecule has 0 radical (unpaired) electrons. The third-order valence-corrected chi connectivity index (χ3v) is 3.46. The maximum atomic E-state index is 4.38. The monoisotopic (exact) mass is 236 g/mol. The number of nitrogens with zero attached hydrogens (tertiary/aromatic N) is 3. The van der Waals surface area contributed by atoms with Gasteiger partial charge in [-0.05, 0) is 32.9 Å². The predicted molar refractivity (Wildman–Crippen MR) is 69.9 cm³/mol. The number of likely N-dealkylation sites (tertiary alicyclic amines) is 1. The van der Waals surface area contributed by atoms with Crippen LogP contribution in [0.2, 0.25) is 0 Å². The first-order valence-electron chi connectivity index (χ1n) is 6.72. The Morgan fingerprint density at radius 3 is 3.18 bits per heavy atom. The molecule has 4 nitrogen and oxygen atoms in total. The Balaban J connectivity index is 1.86. The van der Waals surface area contributed by atoms with Gasteiger partial charge < -0.3 is 5.32 Å². The molecule has 0 aromatic carbocycles. The van der Waals surface area contributed by atoms with Crippen molar-refractivity contribution >= 4 is 0 Å². The van der Waals surface area contributed by atoms with Gasteiger partial charge in [-0.2, -0.15) is 5.10 Å². The van der Waals surface area contributed by atoms with E-state index < -0.39 is 0 Å². The molecule has 1 N–H and O–H groups in total. The summed E-state index contributed by atoms with van der Waals surface area (Å²) in [5.74, 6) is 0. The molecule has 96 valence electrons. The second kappa shape index (κ2) is 6.17. The van der Waals surface area contributed by atoms with Crippen molar-refractivity contribution in [1.29, 1.82) is 0 Å². The van der Waals surface area contributed by atoms with E-state index in [9.17, 15) is 0 Å². The first-order valence-corrected chi connectivity index (χ1v) is 6.72. The summed E-state index contributed by atoms with van der Waals surface area (Å²) in [6.45, 7) is 6.64. The van der Waals surface area contributed by atoms with Crippen LogP contribution in [0, 0.1) is 0 Å². The summed E-state index contributed by atoms with van der Waals surface area (Å²) in [5, 5.41) is 7.77. The summed E-state index contributed by atoms with van der Waals surface area (Å²) < 4.78 is 2.05. The molecule has 1 atom stereocenters. The molecule has 1 aliphatic heterocycles. The number of aryl methyl sites for hydroxylation is 1. The highest BCUT2D eigenvalue weighted by molar-refractivity contribution is 5.04. The van der Waals surface area contributed by atoms with Crippen molar-refractivity contribution < 1.29 is 0 Å². The fraction of sp³-hybridized carbons (Fsp3) is 0.769. The average Bonchev–Trinajstić information content (AvgIpc) is 2.77. The molecule has 2 rings (SSSR count). The predicted octanol–water partition coefficient (Wildman–Crippen LogP) is 1.48. The average molecular weight is 236 g/mol. The molecule has 2 heterocycles. The first-order chi connectivity index (χ1) is 8.31. The fourth-order valence-corrected chi connectivity index (χ4v) is 2.53. The number of hydrogen-bond donors (Lipinski definition) is 1. The van der Waals surface area contributed by atoms with Crippen molar-refractivity contribution in [2.45, 2.75) is 45.3 Å². The summed E-state index contributed by atoms with van der Waals surface area (Å²) in [5.41, 5.74) is 1.34. The van der Waals surface area contributed by atoms with Gasteiger partial charge in [0.15, 0.2) is 0 Å². The van der Waals surface area contributed by atoms with Gasteiger partial charge in [-0.25, -0.2) is 0 Å². The van der Waals surface area contributed by atoms with Crippen LogP contribution in [0.15, 0.2) is 12.4 Å². The standard InChI is InChI=1S/C13H24N4/c1-3-6-17-10-12(8-15-17)9-16-7-4-5-13(11-16)14-2/h8,10,13-14H,3-7,9,11H2,1-2H3. The van der Waals surface area contributed by atoms with E-state index in [1.807, 2.05) is 6.20 Å². The van der Waals surface area contributed by atoms with Crippen LogP contribution in [0.5, 0.6) is 0 Å². The van der Waals surface area contributed by atoms with Gasteiger partial charge >= 0.3 is 0 Å². The van der Waals surface area contributed by atoms with E-state index in [0.717, 1.165) is 26.1 Å². The molecule has 0 bridgehead atoms. The number of nitrogens with one attached hydrogen (secondary N) is 1. The number of hydrogen-bond acceptors (Lipinski definition) is 3. The van der Waals surface area contributed by atoms with Crippen LogP contribution in [0.3, 0.4) is 0 Å². The Morgan fingerprint density at radius 2 is 2.41 bits per heavy atom. The highest BCUT2D eigenvalue weighted by atomic mass is 15.3. The molecule has 17 heavy (non-hydrogen) atoms. The van der Waals surface area contributed by atoms with E-state index >= 15 is 0 Å². The Labute approximate surface area is 104 Å². The van der Waals surface area contributed by atoms with E-state index in [1.54, 1.807) is 0 Å². The summed E-state index contributed by atoms with van der Waals surface area (Å²) in [4.78, 5) is 2.53. The lowest BCUT2D eigenvalue weighted by molar-refractivity contribution is 0.188. The lowest BCUT2D eigenvalue weighted by Crippen LogP contribution is -2.43. The highest BCUT2D eigenvalue weighted by Gasteiger charge is 2.18. The molecule has 1 fully saturated rings. The minimum Gasteiger partial charge on any atom is -0.316 e. The molecule has 1 saturated heterocycles. The second-order valence-corrected chi connectivity index (χ2v) is 4.97. The van der Waals surface area contributed by atoms with Gasteiger partial charge in [0, 0.05) is 37.4 Å². The molecule has 1 aromatic heterocycles. The molecule has 1 unspecified atom stereocenters. The Hall–Kier alpha value is -0.870. The summed E-state index contributed by atoms with van der Waals surface area (Å²) >= 11 is 0. The molecular weight excluding hydrogens is 212 g/mol. The van der Waals surface area contributed by atoms with Crippen LogP contribution in [-0.4, -0.2) is 40.9 Å². The Kier molecular flexibility index (Phi) is 4.57. The fourth-order valence-electron chi connectivity index (χ4n) is 2.53. The van der Waals surface area contributed by atoms with Crippen molar-refractivity contribution in [3.63, 3.8) is 0 Å². The minimum atomic E-state index is 0.662. The van der Waals surface area contributed by atoms with Crippen LogP contribution in [0.1, 0.15) is 31.7 Å². The molecular formula is C13H24N4. The zero-order valence-corrected chi connectivity index (χ0v) is 11.0. The van der Waals surface area contributed by atoms with Crippen LogP contribution in [-0.2, 0) is 13.1 Å². The van der Waals surface area contributed by atoms with Crippen molar-refractivity contribution in [3.05, 3.63) is 18.0 Å². The number of piperidine rings is 1. The highest BCUT2D eigenvalue weighted by Crippen LogP contribution is 2.13. The zero-order chi connectivity index (χ0) is 12.1. The summed E-state index contributed by atoms with van der Waals surface area (Å²) in [7, 11) is 2.06. The van der Waals surface area contributed by atoms with Gasteiger partial charge in [0.1, 0.15) is 0 Å². The smallest absolute Gasteiger partial charge is 0.0534 e. The van der Waals surface area contributed by atoms with Crippen LogP contribution >= 0.6 is 0 Å². The van der Waals surface area contributed by atoms with E-state index in [1.165, 1.54) is 24.9 Å². The van der Waals surface area contributed by atoms with Gasteiger partial charge in [0.25, 0.3) is 0 Å². The molecule has 0 spiro atoms. The van der Waals surface area contributed by atoms with Crippen molar-refractivity contribution in [2.75, 3.05) is 20.1 Å². The second-order valence-electron chi connectivity index (χ2n) is 4.97. The lowest BCUT2D eigenvalue weighted by atomic mass is 10.1. The van der Waals surface area contributed by atoms with Crippen LogP contribution in [0.4, 0.5) is 0 Å². The zero-order valence-electron chi connectivity index (χ0n) is 11.0.